The molecule has 112 valence electrons. The second-order valence-corrected chi connectivity index (χ2v) is 5.92. The number of methoxy groups -OCH3 is 1. The third kappa shape index (κ3) is 3.09. The topological polar surface area (TPSA) is 121 Å². The van der Waals surface area contributed by atoms with E-state index in [4.69, 9.17) is 21.4 Å². The Morgan fingerprint density at radius 3 is 2.71 bits per heavy atom. The summed E-state index contributed by atoms with van der Waals surface area (Å²) in [6.07, 6.45) is 2.78. The van der Waals surface area contributed by atoms with E-state index in [9.17, 15) is 13.2 Å². The zero-order valence-electron chi connectivity index (χ0n) is 10.6. The fourth-order valence-electron chi connectivity index (χ4n) is 1.64. The number of hydrogen-bond acceptors (Lipinski definition) is 5. The minimum Gasteiger partial charge on any atom is -0.494 e. The first-order valence-electron chi connectivity index (χ1n) is 5.48. The first kappa shape index (κ1) is 15.1. The highest BCUT2D eigenvalue weighted by molar-refractivity contribution is 7.92. The molecule has 0 spiro atoms. The molecule has 1 aromatic heterocycles. The van der Waals surface area contributed by atoms with E-state index in [1.807, 2.05) is 0 Å². The van der Waals surface area contributed by atoms with Crippen LogP contribution in [0.15, 0.2) is 29.4 Å². The average molecular weight is 332 g/mol. The molecule has 1 aromatic carbocycles. The van der Waals surface area contributed by atoms with Crippen LogP contribution in [0, 0.1) is 0 Å². The summed E-state index contributed by atoms with van der Waals surface area (Å²) in [6.45, 7) is 0. The van der Waals surface area contributed by atoms with Crippen LogP contribution < -0.4 is 9.46 Å². The molecule has 0 aliphatic rings. The number of aromatic carboxylic acids is 1. The minimum absolute atomic E-state index is 0.0195. The van der Waals surface area contributed by atoms with Gasteiger partial charge in [0.2, 0.25) is 5.95 Å². The van der Waals surface area contributed by atoms with Crippen molar-refractivity contribution in [2.45, 2.75) is 4.90 Å². The number of carboxylic acids is 1. The van der Waals surface area contributed by atoms with Gasteiger partial charge in [-0.1, -0.05) is 11.6 Å². The summed E-state index contributed by atoms with van der Waals surface area (Å²) in [7, 11) is -2.95. The summed E-state index contributed by atoms with van der Waals surface area (Å²) >= 11 is 5.78. The third-order valence-electron chi connectivity index (χ3n) is 2.47. The van der Waals surface area contributed by atoms with Gasteiger partial charge >= 0.3 is 5.97 Å². The Hall–Kier alpha value is -2.26. The molecule has 0 saturated heterocycles. The smallest absolute Gasteiger partial charge is 0.339 e. The number of nitrogens with zero attached hydrogens (tertiary/aromatic N) is 1. The molecule has 8 nitrogen and oxygen atoms in total. The molecule has 0 unspecified atom stereocenters. The van der Waals surface area contributed by atoms with Crippen LogP contribution in [0.5, 0.6) is 5.75 Å². The summed E-state index contributed by atoms with van der Waals surface area (Å²) < 4.78 is 31.7. The standard InChI is InChI=1S/C11H10ClN3O5S/c1-20-9-7(10(16)17)4-6(12)5-8(9)21(18,19)15-11-13-2-3-14-11/h2-5H,1H3,(H,16,17)(H2,13,14,15). The number of rotatable bonds is 5. The highest BCUT2D eigenvalue weighted by atomic mass is 35.5. The highest BCUT2D eigenvalue weighted by Crippen LogP contribution is 2.32. The minimum atomic E-state index is -4.12. The molecular weight excluding hydrogens is 322 g/mol. The number of H-pyrrole nitrogens is 1. The average Bonchev–Trinajstić information content (AvgIpc) is 2.89. The molecule has 21 heavy (non-hydrogen) atoms. The van der Waals surface area contributed by atoms with Gasteiger partial charge in [-0.15, -0.1) is 0 Å². The number of imidazole rings is 1. The number of nitrogens with one attached hydrogen (secondary N) is 2. The lowest BCUT2D eigenvalue weighted by Gasteiger charge is -2.13. The molecule has 2 aromatic rings. The first-order valence-corrected chi connectivity index (χ1v) is 7.34. The monoisotopic (exact) mass is 331 g/mol. The van der Waals surface area contributed by atoms with Crippen LogP contribution in [0.25, 0.3) is 0 Å². The number of halogens is 1. The molecule has 3 N–H and O–H groups in total. The predicted octanol–water partition coefficient (Wildman–Crippen LogP) is 1.57. The molecule has 0 radical (unpaired) electrons. The zero-order chi connectivity index (χ0) is 15.6. The number of aromatic amines is 1. The van der Waals surface area contributed by atoms with Gasteiger partial charge in [-0.05, 0) is 12.1 Å². The van der Waals surface area contributed by atoms with Crippen LogP contribution in [0.2, 0.25) is 5.02 Å². The van der Waals surface area contributed by atoms with Crippen molar-refractivity contribution in [1.82, 2.24) is 9.97 Å². The second-order valence-electron chi connectivity index (χ2n) is 3.83. The number of carbonyl (C=O) groups is 1. The molecule has 2 rings (SSSR count). The van der Waals surface area contributed by atoms with Gasteiger partial charge < -0.3 is 14.8 Å². The van der Waals surface area contributed by atoms with Gasteiger partial charge in [0.15, 0.2) is 5.75 Å². The number of hydrogen-bond donors (Lipinski definition) is 3. The molecule has 1 heterocycles. The normalized spacial score (nSPS) is 11.1. The Bertz CT molecular complexity index is 773. The molecule has 10 heteroatoms. The van der Waals surface area contributed by atoms with E-state index in [1.54, 1.807) is 0 Å². The van der Waals surface area contributed by atoms with Crippen LogP contribution in [0.1, 0.15) is 10.4 Å². The van der Waals surface area contributed by atoms with Crippen molar-refractivity contribution in [3.63, 3.8) is 0 Å². The number of sulfonamides is 1. The van der Waals surface area contributed by atoms with Crippen molar-refractivity contribution in [3.8, 4) is 5.75 Å². The van der Waals surface area contributed by atoms with Crippen LogP contribution in [-0.2, 0) is 10.0 Å². The van der Waals surface area contributed by atoms with Crippen molar-refractivity contribution in [2.75, 3.05) is 11.8 Å². The molecule has 0 saturated carbocycles. The Morgan fingerprint density at radius 1 is 1.48 bits per heavy atom. The van der Waals surface area contributed by atoms with Gasteiger partial charge in [0, 0.05) is 17.4 Å². The van der Waals surface area contributed by atoms with Crippen molar-refractivity contribution in [1.29, 1.82) is 0 Å². The van der Waals surface area contributed by atoms with Gasteiger partial charge in [-0.25, -0.2) is 22.9 Å². The summed E-state index contributed by atoms with van der Waals surface area (Å²) in [4.78, 5) is 17.0. The Kier molecular flexibility index (Phi) is 4.05. The van der Waals surface area contributed by atoms with Gasteiger partial charge in [0.05, 0.1) is 7.11 Å². The Morgan fingerprint density at radius 2 is 2.19 bits per heavy atom. The fourth-order valence-corrected chi connectivity index (χ4v) is 3.12. The summed E-state index contributed by atoms with van der Waals surface area (Å²) in [5.74, 6) is -1.69. The van der Waals surface area contributed by atoms with Gasteiger partial charge in [-0.2, -0.15) is 0 Å². The summed E-state index contributed by atoms with van der Waals surface area (Å²) in [6, 6.07) is 2.20. The van der Waals surface area contributed by atoms with Gasteiger partial charge in [-0.3, -0.25) is 0 Å². The highest BCUT2D eigenvalue weighted by Gasteiger charge is 2.26. The number of benzene rings is 1. The van der Waals surface area contributed by atoms with Crippen LogP contribution in [-0.4, -0.2) is 36.6 Å². The van der Waals surface area contributed by atoms with E-state index in [2.05, 4.69) is 14.7 Å². The van der Waals surface area contributed by atoms with Crippen molar-refractivity contribution in [3.05, 3.63) is 35.1 Å². The van der Waals surface area contributed by atoms with Gasteiger partial charge in [0.1, 0.15) is 10.5 Å². The van der Waals surface area contributed by atoms with Crippen LogP contribution in [0.3, 0.4) is 0 Å². The zero-order valence-corrected chi connectivity index (χ0v) is 12.2. The lowest BCUT2D eigenvalue weighted by molar-refractivity contribution is 0.0693. The maximum absolute atomic E-state index is 12.3. The Balaban J connectivity index is 2.59. The van der Waals surface area contributed by atoms with E-state index in [-0.39, 0.29) is 22.3 Å². The Labute approximate surface area is 124 Å². The van der Waals surface area contributed by atoms with E-state index in [1.165, 1.54) is 19.5 Å². The second kappa shape index (κ2) is 5.62. The van der Waals surface area contributed by atoms with Gasteiger partial charge in [0.25, 0.3) is 10.0 Å². The fraction of sp³-hybridized carbons (Fsp3) is 0.0909. The van der Waals surface area contributed by atoms with E-state index < -0.39 is 20.9 Å². The number of anilines is 1. The molecule has 0 fully saturated rings. The predicted molar refractivity (Wildman–Crippen MR) is 74.4 cm³/mol. The maximum atomic E-state index is 12.3. The summed E-state index contributed by atoms with van der Waals surface area (Å²) in [5, 5.41) is 9.05. The molecule has 0 amide bonds. The first-order chi connectivity index (χ1) is 9.85. The van der Waals surface area contributed by atoms with Crippen LogP contribution >= 0.6 is 11.6 Å². The number of aromatic nitrogens is 2. The molecule has 0 aliphatic heterocycles. The number of ether oxygens (including phenoxy) is 1. The van der Waals surface area contributed by atoms with Crippen LogP contribution in [0.4, 0.5) is 5.95 Å². The quantitative estimate of drug-likeness (QED) is 0.764. The lowest BCUT2D eigenvalue weighted by Crippen LogP contribution is -2.16. The molecular formula is C11H10ClN3O5S. The molecule has 0 atom stereocenters. The lowest BCUT2D eigenvalue weighted by atomic mass is 10.2. The van der Waals surface area contributed by atoms with Crippen molar-refractivity contribution >= 4 is 33.5 Å². The summed E-state index contributed by atoms with van der Waals surface area (Å²) in [5.41, 5.74) is -0.357. The SMILES string of the molecule is COc1c(C(=O)O)cc(Cl)cc1S(=O)(=O)Nc1ncc[nH]1. The van der Waals surface area contributed by atoms with E-state index in [0.29, 0.717) is 0 Å². The van der Waals surface area contributed by atoms with E-state index >= 15 is 0 Å². The van der Waals surface area contributed by atoms with Crippen molar-refractivity contribution < 1.29 is 23.1 Å². The largest absolute Gasteiger partial charge is 0.494 e. The molecule has 0 aliphatic carbocycles. The van der Waals surface area contributed by atoms with E-state index in [0.717, 1.165) is 12.1 Å². The third-order valence-corrected chi connectivity index (χ3v) is 4.04. The molecule has 0 bridgehead atoms. The van der Waals surface area contributed by atoms with Crippen molar-refractivity contribution in [2.24, 2.45) is 0 Å². The maximum Gasteiger partial charge on any atom is 0.339 e. The number of carboxylic acid groups (broad SMARTS) is 1.